The molecule has 3 heterocycles. The van der Waals surface area contributed by atoms with Gasteiger partial charge in [-0.3, -0.25) is 9.69 Å². The summed E-state index contributed by atoms with van der Waals surface area (Å²) in [6, 6.07) is 0.944. The Bertz CT molecular complexity index is 338. The van der Waals surface area contributed by atoms with Gasteiger partial charge in [-0.25, -0.2) is 0 Å². The molecule has 3 aliphatic heterocycles. The largest absolute Gasteiger partial charge is 0.379 e. The number of carbonyl (C=O) groups excluding carboxylic acids is 1. The van der Waals surface area contributed by atoms with E-state index in [0.29, 0.717) is 30.3 Å². The average molecular weight is 281 g/mol. The fourth-order valence-electron chi connectivity index (χ4n) is 3.81. The van der Waals surface area contributed by atoms with Crippen LogP contribution in [0.5, 0.6) is 0 Å². The molecule has 0 radical (unpaired) electrons. The van der Waals surface area contributed by atoms with Crippen LogP contribution in [0.3, 0.4) is 0 Å². The highest BCUT2D eigenvalue weighted by molar-refractivity contribution is 5.77. The molecule has 5 heteroatoms. The fraction of sp³-hybridized carbons (Fsp3) is 0.933. The number of rotatable bonds is 3. The lowest BCUT2D eigenvalue weighted by molar-refractivity contribution is -0.130. The molecular weight excluding hydrogens is 254 g/mol. The molecule has 0 aliphatic carbocycles. The summed E-state index contributed by atoms with van der Waals surface area (Å²) >= 11 is 0. The Hall–Kier alpha value is -0.650. The van der Waals surface area contributed by atoms with Crippen molar-refractivity contribution in [3.8, 4) is 0 Å². The van der Waals surface area contributed by atoms with Crippen molar-refractivity contribution in [3.63, 3.8) is 0 Å². The van der Waals surface area contributed by atoms with Gasteiger partial charge in [-0.2, -0.15) is 0 Å². The Kier molecular flexibility index (Phi) is 4.58. The molecule has 0 aromatic carbocycles. The van der Waals surface area contributed by atoms with Gasteiger partial charge in [-0.05, 0) is 25.3 Å². The lowest BCUT2D eigenvalue weighted by atomic mass is 10.0. The Labute approximate surface area is 121 Å². The Balaban J connectivity index is 1.52. The second-order valence-corrected chi connectivity index (χ2v) is 6.49. The first-order valence-electron chi connectivity index (χ1n) is 8.07. The molecule has 5 nitrogen and oxygen atoms in total. The average Bonchev–Trinajstić information content (AvgIpc) is 3.09. The van der Waals surface area contributed by atoms with Gasteiger partial charge in [0.25, 0.3) is 0 Å². The number of likely N-dealkylation sites (tertiary alicyclic amines) is 1. The lowest BCUT2D eigenvalue weighted by Gasteiger charge is -2.34. The number of nitrogens with one attached hydrogen (secondary N) is 1. The first kappa shape index (κ1) is 14.3. The molecule has 0 spiro atoms. The van der Waals surface area contributed by atoms with Crippen molar-refractivity contribution in [3.05, 3.63) is 0 Å². The summed E-state index contributed by atoms with van der Waals surface area (Å²) in [6.07, 6.45) is 3.05. The van der Waals surface area contributed by atoms with Crippen LogP contribution in [0.4, 0.5) is 0 Å². The van der Waals surface area contributed by atoms with Gasteiger partial charge < -0.3 is 15.0 Å². The maximum atomic E-state index is 12.4. The number of hydrogen-bond donors (Lipinski definition) is 1. The van der Waals surface area contributed by atoms with Crippen molar-refractivity contribution in [1.82, 2.24) is 15.1 Å². The summed E-state index contributed by atoms with van der Waals surface area (Å²) in [7, 11) is 0. The van der Waals surface area contributed by atoms with Crippen LogP contribution in [0, 0.1) is 5.92 Å². The number of amides is 1. The van der Waals surface area contributed by atoms with Crippen LogP contribution >= 0.6 is 0 Å². The van der Waals surface area contributed by atoms with Gasteiger partial charge in [0.2, 0.25) is 5.91 Å². The quantitative estimate of drug-likeness (QED) is 0.808. The third kappa shape index (κ3) is 3.15. The number of ether oxygens (including phenoxy) is 1. The van der Waals surface area contributed by atoms with Crippen molar-refractivity contribution in [2.45, 2.75) is 38.3 Å². The van der Waals surface area contributed by atoms with Crippen molar-refractivity contribution in [1.29, 1.82) is 0 Å². The Morgan fingerprint density at radius 2 is 2.10 bits per heavy atom. The van der Waals surface area contributed by atoms with Crippen LogP contribution in [0.2, 0.25) is 0 Å². The molecule has 3 saturated heterocycles. The first-order chi connectivity index (χ1) is 9.74. The molecule has 114 valence electrons. The van der Waals surface area contributed by atoms with Crippen molar-refractivity contribution >= 4 is 5.91 Å². The van der Waals surface area contributed by atoms with Crippen LogP contribution in [0.1, 0.15) is 26.2 Å². The van der Waals surface area contributed by atoms with Gasteiger partial charge in [0.1, 0.15) is 0 Å². The summed E-state index contributed by atoms with van der Waals surface area (Å²) in [5.74, 6) is 0.917. The zero-order chi connectivity index (χ0) is 13.9. The molecule has 3 fully saturated rings. The van der Waals surface area contributed by atoms with Gasteiger partial charge >= 0.3 is 0 Å². The van der Waals surface area contributed by atoms with Crippen LogP contribution in [-0.2, 0) is 9.53 Å². The molecule has 3 unspecified atom stereocenters. The Morgan fingerprint density at radius 3 is 2.80 bits per heavy atom. The predicted octanol–water partition coefficient (Wildman–Crippen LogP) is 0.308. The highest BCUT2D eigenvalue weighted by Crippen LogP contribution is 2.24. The number of hydrogen-bond acceptors (Lipinski definition) is 4. The molecule has 0 saturated carbocycles. The molecule has 3 rings (SSSR count). The van der Waals surface area contributed by atoms with Crippen LogP contribution in [-0.4, -0.2) is 73.7 Å². The minimum Gasteiger partial charge on any atom is -0.379 e. The van der Waals surface area contributed by atoms with E-state index in [9.17, 15) is 4.79 Å². The molecule has 0 bridgehead atoms. The summed E-state index contributed by atoms with van der Waals surface area (Å²) in [5.41, 5.74) is 0. The van der Waals surface area contributed by atoms with E-state index in [-0.39, 0.29) is 0 Å². The minimum atomic E-state index is 0.340. The second kappa shape index (κ2) is 6.41. The molecule has 3 aliphatic rings. The lowest BCUT2D eigenvalue weighted by Crippen LogP contribution is -2.47. The number of carbonyl (C=O) groups is 1. The van der Waals surface area contributed by atoms with Crippen LogP contribution in [0.15, 0.2) is 0 Å². The zero-order valence-corrected chi connectivity index (χ0v) is 12.5. The molecule has 0 aromatic rings. The summed E-state index contributed by atoms with van der Waals surface area (Å²) in [5, 5.41) is 3.42. The number of nitrogens with zero attached hydrogens (tertiary/aromatic N) is 2. The van der Waals surface area contributed by atoms with Crippen molar-refractivity contribution in [2.24, 2.45) is 5.92 Å². The standard InChI is InChI=1S/C15H27N3O2/c1-12-10-18(15(19)9-13-3-2-4-16-13)11-14(12)17-5-7-20-8-6-17/h12-14,16H,2-11H2,1H3. The molecule has 20 heavy (non-hydrogen) atoms. The van der Waals surface area contributed by atoms with E-state index in [1.807, 2.05) is 0 Å². The van der Waals surface area contributed by atoms with Crippen LogP contribution in [0.25, 0.3) is 0 Å². The van der Waals surface area contributed by atoms with E-state index in [4.69, 9.17) is 4.74 Å². The molecule has 1 N–H and O–H groups in total. The fourth-order valence-corrected chi connectivity index (χ4v) is 3.81. The smallest absolute Gasteiger partial charge is 0.224 e. The zero-order valence-electron chi connectivity index (χ0n) is 12.5. The van der Waals surface area contributed by atoms with E-state index in [0.717, 1.165) is 52.4 Å². The maximum absolute atomic E-state index is 12.4. The first-order valence-corrected chi connectivity index (χ1v) is 8.07. The maximum Gasteiger partial charge on any atom is 0.224 e. The normalized spacial score (nSPS) is 35.6. The molecule has 3 atom stereocenters. The van der Waals surface area contributed by atoms with Gasteiger partial charge in [0.05, 0.1) is 13.2 Å². The van der Waals surface area contributed by atoms with E-state index in [2.05, 4.69) is 22.0 Å². The van der Waals surface area contributed by atoms with Gasteiger partial charge in [0, 0.05) is 44.7 Å². The summed E-state index contributed by atoms with van der Waals surface area (Å²) < 4.78 is 5.43. The highest BCUT2D eigenvalue weighted by atomic mass is 16.5. The van der Waals surface area contributed by atoms with Gasteiger partial charge in [0.15, 0.2) is 0 Å². The van der Waals surface area contributed by atoms with Crippen LogP contribution < -0.4 is 5.32 Å². The predicted molar refractivity (Wildman–Crippen MR) is 77.6 cm³/mol. The van der Waals surface area contributed by atoms with E-state index in [1.165, 1.54) is 6.42 Å². The monoisotopic (exact) mass is 281 g/mol. The highest BCUT2D eigenvalue weighted by Gasteiger charge is 2.37. The summed E-state index contributed by atoms with van der Waals surface area (Å²) in [6.45, 7) is 8.89. The molecule has 0 aromatic heterocycles. The van der Waals surface area contributed by atoms with Crippen molar-refractivity contribution < 1.29 is 9.53 Å². The third-order valence-electron chi connectivity index (χ3n) is 5.02. The second-order valence-electron chi connectivity index (χ2n) is 6.49. The van der Waals surface area contributed by atoms with Gasteiger partial charge in [-0.15, -0.1) is 0 Å². The van der Waals surface area contributed by atoms with Crippen molar-refractivity contribution in [2.75, 3.05) is 45.9 Å². The van der Waals surface area contributed by atoms with E-state index in [1.54, 1.807) is 0 Å². The molecule has 1 amide bonds. The topological polar surface area (TPSA) is 44.8 Å². The molecular formula is C15H27N3O2. The number of morpholine rings is 1. The van der Waals surface area contributed by atoms with E-state index >= 15 is 0 Å². The third-order valence-corrected chi connectivity index (χ3v) is 5.02. The Morgan fingerprint density at radius 1 is 1.30 bits per heavy atom. The van der Waals surface area contributed by atoms with E-state index < -0.39 is 0 Å². The van der Waals surface area contributed by atoms with Gasteiger partial charge in [-0.1, -0.05) is 6.92 Å². The summed E-state index contributed by atoms with van der Waals surface area (Å²) in [4.78, 5) is 17.0. The SMILES string of the molecule is CC1CN(C(=O)CC2CCCN2)CC1N1CCOCC1. The minimum absolute atomic E-state index is 0.340.